The molecule has 0 saturated carbocycles. The summed E-state index contributed by atoms with van der Waals surface area (Å²) in [6.45, 7) is 10.8. The molecule has 6 heteroatoms. The lowest BCUT2D eigenvalue weighted by atomic mass is 10.0. The third-order valence-electron chi connectivity index (χ3n) is 5.00. The summed E-state index contributed by atoms with van der Waals surface area (Å²) in [6.07, 6.45) is 8.81. The van der Waals surface area contributed by atoms with Crippen LogP contribution in [-0.4, -0.2) is 45.1 Å². The average molecular weight is 443 g/mol. The number of carbonyl (C=O) groups excluding carboxylic acids is 1. The van der Waals surface area contributed by atoms with E-state index < -0.39 is 11.6 Å². The Kier molecular flexibility index (Phi) is 9.14. The third kappa shape index (κ3) is 7.02. The van der Waals surface area contributed by atoms with E-state index in [1.165, 1.54) is 26.1 Å². The quantitative estimate of drug-likeness (QED) is 0.180. The van der Waals surface area contributed by atoms with Crippen LogP contribution < -0.4 is 9.47 Å². The molecule has 1 aromatic carbocycles. The van der Waals surface area contributed by atoms with Gasteiger partial charge in [-0.2, -0.15) is 0 Å². The van der Waals surface area contributed by atoms with Crippen molar-refractivity contribution >= 4 is 12.0 Å². The van der Waals surface area contributed by atoms with Gasteiger partial charge in [0, 0.05) is 0 Å². The summed E-state index contributed by atoms with van der Waals surface area (Å²) >= 11 is 0. The normalized spacial score (nSPS) is 18.2. The molecule has 1 atom stereocenters. The Labute approximate surface area is 191 Å². The second-order valence-electron chi connectivity index (χ2n) is 8.29. The highest BCUT2D eigenvalue weighted by Gasteiger charge is 2.36. The molecule has 1 heterocycles. The van der Waals surface area contributed by atoms with Crippen LogP contribution in [0.2, 0.25) is 0 Å². The van der Waals surface area contributed by atoms with Crippen LogP contribution in [0.1, 0.15) is 40.2 Å². The van der Waals surface area contributed by atoms with Gasteiger partial charge in [0.05, 0.1) is 32.7 Å². The van der Waals surface area contributed by atoms with Crippen molar-refractivity contribution in [1.29, 1.82) is 0 Å². The fourth-order valence-corrected chi connectivity index (χ4v) is 3.05. The smallest absolute Gasteiger partial charge is 0.341 e. The Morgan fingerprint density at radius 1 is 1.19 bits per heavy atom. The first kappa shape index (κ1) is 25.3. The molecule has 1 aliphatic heterocycles. The van der Waals surface area contributed by atoms with Crippen molar-refractivity contribution in [2.45, 2.75) is 46.3 Å². The molecule has 0 N–H and O–H groups in total. The SMILES string of the molecule is COC=C(C(=O)OC)C(C)=CC=Cc1ccc2c(c1)OC(C)(C)[C@H](OCC=C(C)C)CO2. The molecule has 0 unspecified atom stereocenters. The number of methoxy groups -OCH3 is 2. The first-order valence-corrected chi connectivity index (χ1v) is 10.6. The van der Waals surface area contributed by atoms with Crippen LogP contribution in [0.15, 0.2) is 59.4 Å². The van der Waals surface area contributed by atoms with Gasteiger partial charge in [-0.3, -0.25) is 0 Å². The van der Waals surface area contributed by atoms with E-state index in [-0.39, 0.29) is 6.10 Å². The Morgan fingerprint density at radius 3 is 2.59 bits per heavy atom. The number of carbonyl (C=O) groups is 1. The van der Waals surface area contributed by atoms with E-state index in [9.17, 15) is 4.79 Å². The number of benzene rings is 1. The summed E-state index contributed by atoms with van der Waals surface area (Å²) in [6, 6.07) is 5.78. The maximum Gasteiger partial charge on any atom is 0.341 e. The summed E-state index contributed by atoms with van der Waals surface area (Å²) in [5, 5.41) is 0. The largest absolute Gasteiger partial charge is 0.503 e. The number of hydrogen-bond acceptors (Lipinski definition) is 6. The molecule has 1 aliphatic rings. The van der Waals surface area contributed by atoms with E-state index in [4.69, 9.17) is 23.7 Å². The van der Waals surface area contributed by atoms with E-state index in [1.54, 1.807) is 0 Å². The monoisotopic (exact) mass is 442 g/mol. The van der Waals surface area contributed by atoms with Gasteiger partial charge in [-0.1, -0.05) is 35.9 Å². The Hall–Kier alpha value is -2.99. The van der Waals surface area contributed by atoms with Gasteiger partial charge in [0.1, 0.15) is 18.3 Å². The summed E-state index contributed by atoms with van der Waals surface area (Å²) < 4.78 is 28.0. The molecule has 0 aromatic heterocycles. The number of ether oxygens (including phenoxy) is 5. The molecule has 6 nitrogen and oxygen atoms in total. The molecule has 32 heavy (non-hydrogen) atoms. The van der Waals surface area contributed by atoms with E-state index >= 15 is 0 Å². The summed E-state index contributed by atoms with van der Waals surface area (Å²) in [7, 11) is 2.83. The topological polar surface area (TPSA) is 63.2 Å². The van der Waals surface area contributed by atoms with Crippen LogP contribution in [0.25, 0.3) is 6.08 Å². The van der Waals surface area contributed by atoms with Gasteiger partial charge in [-0.05, 0) is 57.9 Å². The maximum atomic E-state index is 11.9. The Balaban J connectivity index is 2.17. The molecule has 1 aromatic rings. The number of allylic oxidation sites excluding steroid dienone is 3. The van der Waals surface area contributed by atoms with Crippen molar-refractivity contribution in [2.75, 3.05) is 27.4 Å². The van der Waals surface area contributed by atoms with Crippen molar-refractivity contribution in [3.05, 3.63) is 65.0 Å². The average Bonchev–Trinajstić information content (AvgIpc) is 2.86. The predicted octanol–water partition coefficient (Wildman–Crippen LogP) is 5.25. The van der Waals surface area contributed by atoms with Gasteiger partial charge < -0.3 is 23.7 Å². The van der Waals surface area contributed by atoms with Crippen LogP contribution >= 0.6 is 0 Å². The second kappa shape index (κ2) is 11.6. The van der Waals surface area contributed by atoms with Crippen LogP contribution in [0.3, 0.4) is 0 Å². The van der Waals surface area contributed by atoms with Crippen molar-refractivity contribution in [2.24, 2.45) is 0 Å². The first-order chi connectivity index (χ1) is 15.2. The van der Waals surface area contributed by atoms with Gasteiger partial charge in [-0.15, -0.1) is 0 Å². The van der Waals surface area contributed by atoms with E-state index in [0.717, 1.165) is 11.1 Å². The highest BCUT2D eigenvalue weighted by Crippen LogP contribution is 2.36. The number of rotatable bonds is 8. The number of hydrogen-bond donors (Lipinski definition) is 0. The lowest BCUT2D eigenvalue weighted by Crippen LogP contribution is -2.45. The lowest BCUT2D eigenvalue weighted by Gasteiger charge is -2.31. The van der Waals surface area contributed by atoms with Gasteiger partial charge >= 0.3 is 5.97 Å². The zero-order valence-electron chi connectivity index (χ0n) is 20.1. The molecule has 2 rings (SSSR count). The zero-order valence-corrected chi connectivity index (χ0v) is 20.1. The fourth-order valence-electron chi connectivity index (χ4n) is 3.05. The van der Waals surface area contributed by atoms with Gasteiger partial charge in [-0.25, -0.2) is 4.79 Å². The molecule has 0 bridgehead atoms. The van der Waals surface area contributed by atoms with Crippen LogP contribution in [0, 0.1) is 0 Å². The second-order valence-corrected chi connectivity index (χ2v) is 8.29. The fraction of sp³-hybridized carbons (Fsp3) is 0.423. The van der Waals surface area contributed by atoms with Gasteiger partial charge in [0.15, 0.2) is 11.5 Å². The highest BCUT2D eigenvalue weighted by molar-refractivity contribution is 5.93. The lowest BCUT2D eigenvalue weighted by molar-refractivity contribution is -0.135. The summed E-state index contributed by atoms with van der Waals surface area (Å²) in [5.41, 5.74) is 2.67. The number of esters is 1. The van der Waals surface area contributed by atoms with Crippen LogP contribution in [-0.2, 0) is 19.0 Å². The minimum Gasteiger partial charge on any atom is -0.503 e. The molecular weight excluding hydrogens is 408 g/mol. The maximum absolute atomic E-state index is 11.9. The molecule has 0 fully saturated rings. The molecule has 0 aliphatic carbocycles. The minimum absolute atomic E-state index is 0.209. The van der Waals surface area contributed by atoms with Crippen molar-refractivity contribution in [3.63, 3.8) is 0 Å². The van der Waals surface area contributed by atoms with Crippen molar-refractivity contribution in [1.82, 2.24) is 0 Å². The van der Waals surface area contributed by atoms with Gasteiger partial charge in [0.2, 0.25) is 0 Å². The highest BCUT2D eigenvalue weighted by atomic mass is 16.6. The molecule has 0 saturated heterocycles. The minimum atomic E-state index is -0.556. The molecule has 0 radical (unpaired) electrons. The van der Waals surface area contributed by atoms with E-state index in [2.05, 4.69) is 0 Å². The molecule has 0 spiro atoms. The Bertz CT molecular complexity index is 916. The first-order valence-electron chi connectivity index (χ1n) is 10.6. The standard InChI is InChI=1S/C26H34O6/c1-18(2)13-14-30-24-17-31-22-12-11-20(15-23(22)32-26(24,4)5)10-8-9-19(3)21(16-28-6)25(27)29-7/h8-13,15-16,24H,14,17H2,1-7H3/t24-/m1/s1. The van der Waals surface area contributed by atoms with E-state index in [0.29, 0.717) is 30.3 Å². The molecule has 0 amide bonds. The van der Waals surface area contributed by atoms with Gasteiger partial charge in [0.25, 0.3) is 0 Å². The summed E-state index contributed by atoms with van der Waals surface area (Å²) in [4.78, 5) is 11.9. The Morgan fingerprint density at radius 2 is 1.94 bits per heavy atom. The summed E-state index contributed by atoms with van der Waals surface area (Å²) in [5.74, 6) is 0.903. The number of fused-ring (bicyclic) bond motifs is 1. The van der Waals surface area contributed by atoms with Crippen LogP contribution in [0.4, 0.5) is 0 Å². The predicted molar refractivity (Wildman–Crippen MR) is 126 cm³/mol. The van der Waals surface area contributed by atoms with Crippen molar-refractivity contribution in [3.8, 4) is 11.5 Å². The third-order valence-corrected chi connectivity index (χ3v) is 5.00. The van der Waals surface area contributed by atoms with Crippen molar-refractivity contribution < 1.29 is 28.5 Å². The molecule has 174 valence electrons. The van der Waals surface area contributed by atoms with Crippen LogP contribution in [0.5, 0.6) is 11.5 Å². The van der Waals surface area contributed by atoms with E-state index in [1.807, 2.05) is 77.1 Å². The zero-order chi connectivity index (χ0) is 23.7. The molecular formula is C26H34O6.